The normalized spacial score (nSPS) is 10.2. The van der Waals surface area contributed by atoms with Crippen LogP contribution in [0.3, 0.4) is 0 Å². The first-order chi connectivity index (χ1) is 12.4. The first kappa shape index (κ1) is 19.3. The zero-order valence-corrected chi connectivity index (χ0v) is 14.5. The summed E-state index contributed by atoms with van der Waals surface area (Å²) in [6.07, 6.45) is -0.979. The molecule has 1 heterocycles. The monoisotopic (exact) mass is 382 g/mol. The Morgan fingerprint density at radius 1 is 1.31 bits per heavy atom. The predicted octanol–water partition coefficient (Wildman–Crippen LogP) is 4.95. The third kappa shape index (κ3) is 5.24. The molecule has 0 spiro atoms. The standard InChI is InChI=1S/C16H15FN2O6S/c1-2-3-8-24-16(21)25-15(20)18-11-5-4-10(9-12(11)19(22)23)13-6-7-14(17)26-13/h4-7,9H,2-3,8H2,1H3,(H,18,20). The molecule has 0 fully saturated rings. The van der Waals surface area contributed by atoms with Crippen molar-refractivity contribution >= 4 is 35.0 Å². The summed E-state index contributed by atoms with van der Waals surface area (Å²) < 4.78 is 22.2. The zero-order chi connectivity index (χ0) is 19.1. The minimum absolute atomic E-state index is 0.106. The summed E-state index contributed by atoms with van der Waals surface area (Å²) >= 11 is 0.836. The van der Waals surface area contributed by atoms with E-state index in [4.69, 9.17) is 0 Å². The number of halogens is 1. The Labute approximate surface area is 151 Å². The van der Waals surface area contributed by atoms with Gasteiger partial charge in [-0.25, -0.2) is 9.59 Å². The van der Waals surface area contributed by atoms with Gasteiger partial charge in [0.15, 0.2) is 5.13 Å². The maximum absolute atomic E-state index is 13.1. The van der Waals surface area contributed by atoms with E-state index in [9.17, 15) is 24.1 Å². The summed E-state index contributed by atoms with van der Waals surface area (Å²) in [6, 6.07) is 6.69. The van der Waals surface area contributed by atoms with Crippen LogP contribution < -0.4 is 5.32 Å². The number of ether oxygens (including phenoxy) is 2. The first-order valence-electron chi connectivity index (χ1n) is 7.60. The van der Waals surface area contributed by atoms with Gasteiger partial charge in [-0.2, -0.15) is 4.39 Å². The quantitative estimate of drug-likeness (QED) is 0.249. The number of anilines is 1. The van der Waals surface area contributed by atoms with Gasteiger partial charge in [-0.05, 0) is 30.2 Å². The Hall–Kier alpha value is -3.01. The highest BCUT2D eigenvalue weighted by atomic mass is 32.1. The van der Waals surface area contributed by atoms with E-state index in [0.717, 1.165) is 17.8 Å². The molecule has 0 saturated heterocycles. The maximum Gasteiger partial charge on any atom is 0.517 e. The van der Waals surface area contributed by atoms with E-state index in [1.807, 2.05) is 6.92 Å². The second kappa shape index (κ2) is 8.90. The number of unbranched alkanes of at least 4 members (excludes halogenated alkanes) is 1. The van der Waals surface area contributed by atoms with Crippen LogP contribution in [0.4, 0.5) is 25.4 Å². The molecule has 1 aromatic carbocycles. The molecule has 2 rings (SSSR count). The molecular weight excluding hydrogens is 367 g/mol. The average molecular weight is 382 g/mol. The number of nitrogens with one attached hydrogen (secondary N) is 1. The van der Waals surface area contributed by atoms with Crippen LogP contribution in [0.2, 0.25) is 0 Å². The van der Waals surface area contributed by atoms with Gasteiger partial charge in [-0.1, -0.05) is 19.4 Å². The fraction of sp³-hybridized carbons (Fsp3) is 0.250. The van der Waals surface area contributed by atoms with E-state index < -0.39 is 28.0 Å². The SMILES string of the molecule is CCCCOC(=O)OC(=O)Nc1ccc(-c2ccc(F)s2)cc1[N+](=O)[O-]. The van der Waals surface area contributed by atoms with Gasteiger partial charge in [-0.15, -0.1) is 11.3 Å². The summed E-state index contributed by atoms with van der Waals surface area (Å²) in [5.41, 5.74) is -0.168. The highest BCUT2D eigenvalue weighted by Crippen LogP contribution is 2.33. The van der Waals surface area contributed by atoms with Crippen LogP contribution >= 0.6 is 11.3 Å². The van der Waals surface area contributed by atoms with E-state index in [-0.39, 0.29) is 12.3 Å². The summed E-state index contributed by atoms with van der Waals surface area (Å²) in [7, 11) is 0. The lowest BCUT2D eigenvalue weighted by Gasteiger charge is -2.07. The van der Waals surface area contributed by atoms with E-state index in [1.165, 1.54) is 30.3 Å². The van der Waals surface area contributed by atoms with Crippen molar-refractivity contribution in [3.8, 4) is 10.4 Å². The van der Waals surface area contributed by atoms with Gasteiger partial charge in [-0.3, -0.25) is 15.4 Å². The highest BCUT2D eigenvalue weighted by molar-refractivity contribution is 7.13. The van der Waals surface area contributed by atoms with Crippen molar-refractivity contribution in [3.05, 3.63) is 45.6 Å². The predicted molar refractivity (Wildman–Crippen MR) is 92.7 cm³/mol. The number of rotatable bonds is 6. The fourth-order valence-electron chi connectivity index (χ4n) is 1.95. The molecule has 2 aromatic rings. The minimum atomic E-state index is -1.20. The number of hydrogen-bond acceptors (Lipinski definition) is 7. The van der Waals surface area contributed by atoms with Gasteiger partial charge in [0.2, 0.25) is 0 Å². The Kier molecular flexibility index (Phi) is 6.61. The lowest BCUT2D eigenvalue weighted by atomic mass is 10.1. The van der Waals surface area contributed by atoms with Crippen LogP contribution in [0.15, 0.2) is 30.3 Å². The number of thiophene rings is 1. The Bertz CT molecular complexity index is 823. The van der Waals surface area contributed by atoms with Gasteiger partial charge in [0.05, 0.1) is 11.5 Å². The number of amides is 1. The smallest absolute Gasteiger partial charge is 0.434 e. The largest absolute Gasteiger partial charge is 0.517 e. The minimum Gasteiger partial charge on any atom is -0.434 e. The molecule has 1 amide bonds. The molecule has 0 atom stereocenters. The molecule has 10 heteroatoms. The van der Waals surface area contributed by atoms with Crippen molar-refractivity contribution in [3.63, 3.8) is 0 Å². The van der Waals surface area contributed by atoms with Crippen molar-refractivity contribution in [2.24, 2.45) is 0 Å². The molecule has 0 unspecified atom stereocenters. The molecule has 0 aliphatic heterocycles. The summed E-state index contributed by atoms with van der Waals surface area (Å²) in [5, 5.41) is 12.9. The van der Waals surface area contributed by atoms with Crippen LogP contribution in [0, 0.1) is 15.2 Å². The van der Waals surface area contributed by atoms with Crippen molar-refractivity contribution in [1.29, 1.82) is 0 Å². The topological polar surface area (TPSA) is 108 Å². The third-order valence-electron chi connectivity index (χ3n) is 3.18. The lowest BCUT2D eigenvalue weighted by Crippen LogP contribution is -2.20. The van der Waals surface area contributed by atoms with E-state index in [2.05, 4.69) is 14.8 Å². The van der Waals surface area contributed by atoms with Crippen LogP contribution in [0.25, 0.3) is 10.4 Å². The van der Waals surface area contributed by atoms with Gasteiger partial charge in [0.25, 0.3) is 5.69 Å². The molecule has 0 aliphatic carbocycles. The fourth-order valence-corrected chi connectivity index (χ4v) is 2.68. The first-order valence-corrected chi connectivity index (χ1v) is 8.42. The molecule has 1 aromatic heterocycles. The number of benzene rings is 1. The number of hydrogen-bond donors (Lipinski definition) is 1. The molecule has 0 aliphatic rings. The van der Waals surface area contributed by atoms with E-state index in [1.54, 1.807) is 0 Å². The van der Waals surface area contributed by atoms with Gasteiger partial charge in [0.1, 0.15) is 5.69 Å². The molecule has 26 heavy (non-hydrogen) atoms. The number of nitrogens with zero attached hydrogens (tertiary/aromatic N) is 1. The summed E-state index contributed by atoms with van der Waals surface area (Å²) in [6.45, 7) is 2.00. The van der Waals surface area contributed by atoms with Crippen molar-refractivity contribution < 1.29 is 28.4 Å². The van der Waals surface area contributed by atoms with Gasteiger partial charge in [0, 0.05) is 10.9 Å². The number of carbonyl (C=O) groups is 2. The Balaban J connectivity index is 2.10. The molecule has 0 saturated carbocycles. The Morgan fingerprint density at radius 3 is 2.69 bits per heavy atom. The van der Waals surface area contributed by atoms with Crippen LogP contribution in [0.5, 0.6) is 0 Å². The zero-order valence-electron chi connectivity index (χ0n) is 13.7. The number of nitro benzene ring substituents is 1. The average Bonchev–Trinajstić information content (AvgIpc) is 3.01. The van der Waals surface area contributed by atoms with Crippen LogP contribution in [-0.4, -0.2) is 23.8 Å². The number of carbonyl (C=O) groups excluding carboxylic acids is 2. The summed E-state index contributed by atoms with van der Waals surface area (Å²) in [5.74, 6) is 0. The third-order valence-corrected chi connectivity index (χ3v) is 4.11. The van der Waals surface area contributed by atoms with E-state index >= 15 is 0 Å². The lowest BCUT2D eigenvalue weighted by molar-refractivity contribution is -0.383. The molecule has 0 radical (unpaired) electrons. The van der Waals surface area contributed by atoms with Crippen LogP contribution in [0.1, 0.15) is 19.8 Å². The maximum atomic E-state index is 13.1. The van der Waals surface area contributed by atoms with Crippen molar-refractivity contribution in [1.82, 2.24) is 0 Å². The summed E-state index contributed by atoms with van der Waals surface area (Å²) in [4.78, 5) is 34.0. The molecular formula is C16H15FN2O6S. The highest BCUT2D eigenvalue weighted by Gasteiger charge is 2.20. The van der Waals surface area contributed by atoms with Crippen molar-refractivity contribution in [2.75, 3.05) is 11.9 Å². The van der Waals surface area contributed by atoms with Gasteiger partial charge < -0.3 is 9.47 Å². The van der Waals surface area contributed by atoms with Crippen LogP contribution in [-0.2, 0) is 9.47 Å². The molecule has 0 bridgehead atoms. The molecule has 1 N–H and O–H groups in total. The van der Waals surface area contributed by atoms with Crippen molar-refractivity contribution in [2.45, 2.75) is 19.8 Å². The van der Waals surface area contributed by atoms with Gasteiger partial charge >= 0.3 is 12.2 Å². The second-order valence-electron chi connectivity index (χ2n) is 5.06. The Morgan fingerprint density at radius 2 is 2.08 bits per heavy atom. The van der Waals surface area contributed by atoms with E-state index in [0.29, 0.717) is 16.9 Å². The second-order valence-corrected chi connectivity index (χ2v) is 6.09. The number of nitro groups is 1. The molecule has 138 valence electrons. The molecule has 8 nitrogen and oxygen atoms in total.